The van der Waals surface area contributed by atoms with Gasteiger partial charge in [0.05, 0.1) is 29.3 Å². The lowest BCUT2D eigenvalue weighted by molar-refractivity contribution is -0.139. The average molecular weight is 436 g/mol. The Bertz CT molecular complexity index is 812. The van der Waals surface area contributed by atoms with Crippen molar-refractivity contribution < 1.29 is 19.4 Å². The standard InChI is InChI=1S/C22H30ClN3O4/c1-30-21(29)24-15-3-8-19(18(23)13-15)25-11-2-9-22(14-25)10-12-26(20(22)28)16-4-6-17(27)7-5-16/h3,8,13,16-17,27H,2,4-7,9-12,14H2,1H3,(H,24,29)/t16?,17?,22-/m0/s1. The Morgan fingerprint density at radius 2 is 2.00 bits per heavy atom. The molecule has 3 fully saturated rings. The molecule has 1 saturated carbocycles. The zero-order valence-electron chi connectivity index (χ0n) is 17.4. The molecular weight excluding hydrogens is 406 g/mol. The fraction of sp³-hybridized carbons (Fsp3) is 0.636. The number of ether oxygens (including phenoxy) is 1. The van der Waals surface area contributed by atoms with Gasteiger partial charge in [-0.05, 0) is 63.1 Å². The van der Waals surface area contributed by atoms with Crippen molar-refractivity contribution in [1.29, 1.82) is 0 Å². The zero-order chi connectivity index (χ0) is 21.3. The number of piperidine rings is 1. The van der Waals surface area contributed by atoms with Crippen LogP contribution in [0.25, 0.3) is 0 Å². The van der Waals surface area contributed by atoms with E-state index in [1.165, 1.54) is 7.11 Å². The van der Waals surface area contributed by atoms with E-state index in [0.717, 1.165) is 63.7 Å². The Morgan fingerprint density at radius 1 is 1.23 bits per heavy atom. The lowest BCUT2D eigenvalue weighted by atomic mass is 9.78. The Labute approximate surface area is 182 Å². The van der Waals surface area contributed by atoms with Crippen LogP contribution in [0.5, 0.6) is 0 Å². The second kappa shape index (κ2) is 8.63. The highest BCUT2D eigenvalue weighted by molar-refractivity contribution is 6.33. The summed E-state index contributed by atoms with van der Waals surface area (Å²) in [6, 6.07) is 5.68. The van der Waals surface area contributed by atoms with Gasteiger partial charge in [-0.3, -0.25) is 10.1 Å². The summed E-state index contributed by atoms with van der Waals surface area (Å²) in [7, 11) is 1.32. The van der Waals surface area contributed by atoms with E-state index in [9.17, 15) is 14.7 Å². The number of hydrogen-bond acceptors (Lipinski definition) is 5. The number of hydrogen-bond donors (Lipinski definition) is 2. The molecule has 30 heavy (non-hydrogen) atoms. The molecule has 7 nitrogen and oxygen atoms in total. The number of rotatable bonds is 3. The summed E-state index contributed by atoms with van der Waals surface area (Å²) in [6.07, 6.45) is 5.35. The van der Waals surface area contributed by atoms with Crippen molar-refractivity contribution in [3.8, 4) is 0 Å². The largest absolute Gasteiger partial charge is 0.453 e. The van der Waals surface area contributed by atoms with Crippen molar-refractivity contribution >= 4 is 35.0 Å². The van der Waals surface area contributed by atoms with E-state index in [2.05, 4.69) is 19.9 Å². The number of nitrogens with one attached hydrogen (secondary N) is 1. The van der Waals surface area contributed by atoms with Crippen LogP contribution in [0.3, 0.4) is 0 Å². The molecule has 1 spiro atoms. The molecule has 8 heteroatoms. The molecular formula is C22H30ClN3O4. The summed E-state index contributed by atoms with van der Waals surface area (Å²) < 4.78 is 4.62. The Hall–Kier alpha value is -1.99. The van der Waals surface area contributed by atoms with Gasteiger partial charge in [0.1, 0.15) is 0 Å². The molecule has 0 radical (unpaired) electrons. The Balaban J connectivity index is 1.47. The third-order valence-corrected chi connectivity index (χ3v) is 7.25. The minimum Gasteiger partial charge on any atom is -0.453 e. The highest BCUT2D eigenvalue weighted by Gasteiger charge is 2.50. The first-order valence-corrected chi connectivity index (χ1v) is 11.2. The number of methoxy groups -OCH3 is 1. The number of nitrogens with zero attached hydrogens (tertiary/aromatic N) is 2. The first-order chi connectivity index (χ1) is 14.4. The summed E-state index contributed by atoms with van der Waals surface area (Å²) in [6.45, 7) is 2.33. The molecule has 164 valence electrons. The second-order valence-electron chi connectivity index (χ2n) is 8.80. The molecule has 1 aliphatic carbocycles. The number of aliphatic hydroxyl groups excluding tert-OH is 1. The van der Waals surface area contributed by atoms with E-state index < -0.39 is 6.09 Å². The number of likely N-dealkylation sites (tertiary alicyclic amines) is 1. The molecule has 2 heterocycles. The van der Waals surface area contributed by atoms with Crippen LogP contribution >= 0.6 is 11.6 Å². The monoisotopic (exact) mass is 435 g/mol. The van der Waals surface area contributed by atoms with E-state index in [1.54, 1.807) is 12.1 Å². The third kappa shape index (κ3) is 4.10. The summed E-state index contributed by atoms with van der Waals surface area (Å²) in [5, 5.41) is 13.0. The maximum absolute atomic E-state index is 13.5. The minimum absolute atomic E-state index is 0.211. The topological polar surface area (TPSA) is 82.1 Å². The summed E-state index contributed by atoms with van der Waals surface area (Å²) in [5.74, 6) is 0.272. The smallest absolute Gasteiger partial charge is 0.411 e. The molecule has 2 saturated heterocycles. The SMILES string of the molecule is COC(=O)Nc1ccc(N2CCC[C@]3(CCN(C4CCC(O)CC4)C3=O)C2)c(Cl)c1. The fourth-order valence-electron chi connectivity index (χ4n) is 5.29. The van der Waals surface area contributed by atoms with Gasteiger partial charge in [-0.15, -0.1) is 0 Å². The van der Waals surface area contributed by atoms with Crippen LogP contribution in [0.1, 0.15) is 44.9 Å². The number of benzene rings is 1. The minimum atomic E-state index is -0.539. The number of anilines is 2. The van der Waals surface area contributed by atoms with Crippen molar-refractivity contribution in [3.63, 3.8) is 0 Å². The molecule has 0 unspecified atom stereocenters. The quantitative estimate of drug-likeness (QED) is 0.757. The normalized spacial score (nSPS) is 29.4. The van der Waals surface area contributed by atoms with Crippen LogP contribution in [0.4, 0.5) is 16.2 Å². The van der Waals surface area contributed by atoms with E-state index in [0.29, 0.717) is 17.3 Å². The third-order valence-electron chi connectivity index (χ3n) is 6.95. The first-order valence-electron chi connectivity index (χ1n) is 10.8. The molecule has 2 aliphatic heterocycles. The van der Waals surface area contributed by atoms with Crippen molar-refractivity contribution in [2.75, 3.05) is 37.0 Å². The first kappa shape index (κ1) is 21.2. The second-order valence-corrected chi connectivity index (χ2v) is 9.21. The fourth-order valence-corrected chi connectivity index (χ4v) is 5.59. The predicted octanol–water partition coefficient (Wildman–Crippen LogP) is 3.64. The van der Waals surface area contributed by atoms with Gasteiger partial charge < -0.3 is 19.6 Å². The van der Waals surface area contributed by atoms with E-state index in [1.807, 2.05) is 6.07 Å². The van der Waals surface area contributed by atoms with E-state index in [-0.39, 0.29) is 23.5 Å². The molecule has 4 rings (SSSR count). The van der Waals surface area contributed by atoms with Crippen molar-refractivity contribution in [2.45, 2.75) is 57.1 Å². The highest BCUT2D eigenvalue weighted by Crippen LogP contribution is 2.44. The summed E-state index contributed by atoms with van der Waals surface area (Å²) >= 11 is 6.53. The molecule has 0 aromatic heterocycles. The predicted molar refractivity (Wildman–Crippen MR) is 116 cm³/mol. The lowest BCUT2D eigenvalue weighted by Crippen LogP contribution is -2.50. The molecule has 2 N–H and O–H groups in total. The van der Waals surface area contributed by atoms with Crippen LogP contribution in [-0.2, 0) is 9.53 Å². The number of carbonyl (C=O) groups excluding carboxylic acids is 2. The molecule has 1 aromatic rings. The summed E-state index contributed by atoms with van der Waals surface area (Å²) in [5.41, 5.74) is 1.11. The van der Waals surface area contributed by atoms with Crippen LogP contribution in [0, 0.1) is 5.41 Å². The van der Waals surface area contributed by atoms with Gasteiger partial charge in [-0.1, -0.05) is 11.6 Å². The van der Waals surface area contributed by atoms with Gasteiger partial charge in [0.15, 0.2) is 0 Å². The Kier molecular flexibility index (Phi) is 6.11. The lowest BCUT2D eigenvalue weighted by Gasteiger charge is -2.41. The van der Waals surface area contributed by atoms with Crippen LogP contribution in [-0.4, -0.2) is 60.9 Å². The van der Waals surface area contributed by atoms with Crippen molar-refractivity contribution in [1.82, 2.24) is 4.90 Å². The number of halogens is 1. The molecule has 3 aliphatic rings. The number of aliphatic hydroxyl groups is 1. The Morgan fingerprint density at radius 3 is 2.70 bits per heavy atom. The number of amides is 2. The van der Waals surface area contributed by atoms with Gasteiger partial charge in [-0.25, -0.2) is 4.79 Å². The van der Waals surface area contributed by atoms with Crippen LogP contribution in [0.2, 0.25) is 5.02 Å². The van der Waals surface area contributed by atoms with Gasteiger partial charge in [0, 0.05) is 31.4 Å². The molecule has 0 bridgehead atoms. The average Bonchev–Trinajstić information content (AvgIpc) is 3.04. The number of carbonyl (C=O) groups is 2. The summed E-state index contributed by atoms with van der Waals surface area (Å²) in [4.78, 5) is 29.2. The van der Waals surface area contributed by atoms with Gasteiger partial charge >= 0.3 is 6.09 Å². The van der Waals surface area contributed by atoms with Crippen molar-refractivity contribution in [3.05, 3.63) is 23.2 Å². The van der Waals surface area contributed by atoms with Crippen LogP contribution in [0.15, 0.2) is 18.2 Å². The van der Waals surface area contributed by atoms with E-state index >= 15 is 0 Å². The van der Waals surface area contributed by atoms with Crippen molar-refractivity contribution in [2.24, 2.45) is 5.41 Å². The van der Waals surface area contributed by atoms with Gasteiger partial charge in [0.25, 0.3) is 0 Å². The van der Waals surface area contributed by atoms with Gasteiger partial charge in [0.2, 0.25) is 5.91 Å². The molecule has 1 aromatic carbocycles. The maximum atomic E-state index is 13.5. The van der Waals surface area contributed by atoms with E-state index in [4.69, 9.17) is 11.6 Å². The zero-order valence-corrected chi connectivity index (χ0v) is 18.2. The highest BCUT2D eigenvalue weighted by atomic mass is 35.5. The van der Waals surface area contributed by atoms with Crippen LogP contribution < -0.4 is 10.2 Å². The molecule has 2 amide bonds. The maximum Gasteiger partial charge on any atom is 0.411 e. The molecule has 1 atom stereocenters. The van der Waals surface area contributed by atoms with Gasteiger partial charge in [-0.2, -0.15) is 0 Å².